The minimum Gasteiger partial charge on any atom is -0.493 e. The maximum atomic E-state index is 12.6. The second kappa shape index (κ2) is 3.89. The third-order valence-corrected chi connectivity index (χ3v) is 3.79. The first-order valence-electron chi connectivity index (χ1n) is 4.68. The smallest absolute Gasteiger partial charge is 0.123 e. The molecule has 0 spiro atoms. The van der Waals surface area contributed by atoms with E-state index in [-0.39, 0.29) is 5.82 Å². The number of hydrogen-bond acceptors (Lipinski definition) is 1. The standard InChI is InChI=1S/C11H12BrFO/c12-7-11(5-6-11)8-14-10-3-1-9(13)2-4-10/h1-4H,5-8H2. The second-order valence-electron chi connectivity index (χ2n) is 3.88. The molecule has 0 atom stereocenters. The molecule has 0 aromatic heterocycles. The van der Waals surface area contributed by atoms with E-state index in [4.69, 9.17) is 4.74 Å². The van der Waals surface area contributed by atoms with E-state index < -0.39 is 0 Å². The van der Waals surface area contributed by atoms with E-state index in [1.165, 1.54) is 25.0 Å². The first kappa shape index (κ1) is 9.97. The summed E-state index contributed by atoms with van der Waals surface area (Å²) in [7, 11) is 0. The Morgan fingerprint density at radius 2 is 1.93 bits per heavy atom. The van der Waals surface area contributed by atoms with Gasteiger partial charge in [-0.2, -0.15) is 0 Å². The van der Waals surface area contributed by atoms with Crippen molar-refractivity contribution in [3.8, 4) is 5.75 Å². The summed E-state index contributed by atoms with van der Waals surface area (Å²) in [4.78, 5) is 0. The lowest BCUT2D eigenvalue weighted by molar-refractivity contribution is 0.251. The molecule has 0 aliphatic heterocycles. The van der Waals surface area contributed by atoms with Crippen molar-refractivity contribution < 1.29 is 9.13 Å². The Bertz CT molecular complexity index is 306. The summed E-state index contributed by atoms with van der Waals surface area (Å²) in [6, 6.07) is 6.17. The van der Waals surface area contributed by atoms with Crippen molar-refractivity contribution in [1.29, 1.82) is 0 Å². The molecule has 1 aromatic rings. The number of hydrogen-bond donors (Lipinski definition) is 0. The fraction of sp³-hybridized carbons (Fsp3) is 0.455. The van der Waals surface area contributed by atoms with E-state index in [0.717, 1.165) is 17.7 Å². The molecular formula is C11H12BrFO. The van der Waals surface area contributed by atoms with E-state index in [0.29, 0.717) is 5.41 Å². The summed E-state index contributed by atoms with van der Waals surface area (Å²) >= 11 is 3.48. The van der Waals surface area contributed by atoms with Gasteiger partial charge in [0.2, 0.25) is 0 Å². The lowest BCUT2D eigenvalue weighted by Crippen LogP contribution is -2.14. The van der Waals surface area contributed by atoms with Crippen LogP contribution in [0.3, 0.4) is 0 Å². The van der Waals surface area contributed by atoms with Gasteiger partial charge < -0.3 is 4.74 Å². The molecule has 0 bridgehead atoms. The maximum Gasteiger partial charge on any atom is 0.123 e. The van der Waals surface area contributed by atoms with Crippen LogP contribution in [0.4, 0.5) is 4.39 Å². The van der Waals surface area contributed by atoms with Crippen LogP contribution in [-0.2, 0) is 0 Å². The fourth-order valence-corrected chi connectivity index (χ4v) is 1.98. The third kappa shape index (κ3) is 2.27. The van der Waals surface area contributed by atoms with Gasteiger partial charge in [0.05, 0.1) is 6.61 Å². The SMILES string of the molecule is Fc1ccc(OCC2(CBr)CC2)cc1. The number of alkyl halides is 1. The summed E-state index contributed by atoms with van der Waals surface area (Å²) in [6.45, 7) is 0.726. The van der Waals surface area contributed by atoms with Crippen molar-refractivity contribution in [2.45, 2.75) is 12.8 Å². The monoisotopic (exact) mass is 258 g/mol. The first-order valence-corrected chi connectivity index (χ1v) is 5.81. The fourth-order valence-electron chi connectivity index (χ4n) is 1.26. The van der Waals surface area contributed by atoms with Crippen LogP contribution >= 0.6 is 15.9 Å². The molecule has 0 radical (unpaired) electrons. The van der Waals surface area contributed by atoms with Crippen LogP contribution in [0.5, 0.6) is 5.75 Å². The molecule has 0 unspecified atom stereocenters. The Morgan fingerprint density at radius 1 is 1.29 bits per heavy atom. The highest BCUT2D eigenvalue weighted by Gasteiger charge is 2.42. The van der Waals surface area contributed by atoms with E-state index >= 15 is 0 Å². The summed E-state index contributed by atoms with van der Waals surface area (Å²) in [5.74, 6) is 0.526. The normalized spacial score (nSPS) is 17.9. The van der Waals surface area contributed by atoms with Crippen molar-refractivity contribution in [2.24, 2.45) is 5.41 Å². The number of halogens is 2. The molecule has 1 aliphatic carbocycles. The van der Waals surface area contributed by atoms with Gasteiger partial charge in [-0.05, 0) is 37.1 Å². The van der Waals surface area contributed by atoms with Crippen molar-refractivity contribution in [3.63, 3.8) is 0 Å². The van der Waals surface area contributed by atoms with Gasteiger partial charge in [0.1, 0.15) is 11.6 Å². The Kier molecular flexibility index (Phi) is 2.77. The summed E-state index contributed by atoms with van der Waals surface area (Å²) in [6.07, 6.45) is 2.44. The van der Waals surface area contributed by atoms with Gasteiger partial charge in [0.25, 0.3) is 0 Å². The van der Waals surface area contributed by atoms with Crippen molar-refractivity contribution in [2.75, 3.05) is 11.9 Å². The molecule has 14 heavy (non-hydrogen) atoms. The van der Waals surface area contributed by atoms with E-state index in [1.807, 2.05) is 0 Å². The molecule has 1 nitrogen and oxygen atoms in total. The summed E-state index contributed by atoms with van der Waals surface area (Å²) < 4.78 is 18.2. The minimum atomic E-state index is -0.223. The minimum absolute atomic E-state index is 0.223. The van der Waals surface area contributed by atoms with Crippen LogP contribution in [0.15, 0.2) is 24.3 Å². The van der Waals surface area contributed by atoms with Gasteiger partial charge in [0.15, 0.2) is 0 Å². The number of benzene rings is 1. The second-order valence-corrected chi connectivity index (χ2v) is 4.44. The van der Waals surface area contributed by atoms with Crippen LogP contribution in [0, 0.1) is 11.2 Å². The Morgan fingerprint density at radius 3 is 2.43 bits per heavy atom. The van der Waals surface area contributed by atoms with Gasteiger partial charge >= 0.3 is 0 Å². The zero-order chi connectivity index (χ0) is 10.0. The topological polar surface area (TPSA) is 9.23 Å². The third-order valence-electron chi connectivity index (χ3n) is 2.60. The van der Waals surface area contributed by atoms with Gasteiger partial charge in [-0.1, -0.05) is 15.9 Å². The van der Waals surface area contributed by atoms with Gasteiger partial charge in [-0.25, -0.2) is 4.39 Å². The zero-order valence-electron chi connectivity index (χ0n) is 7.80. The van der Waals surface area contributed by atoms with Crippen LogP contribution in [0.1, 0.15) is 12.8 Å². The average Bonchev–Trinajstić information content (AvgIpc) is 2.98. The largest absolute Gasteiger partial charge is 0.493 e. The van der Waals surface area contributed by atoms with E-state index in [1.54, 1.807) is 12.1 Å². The molecule has 2 rings (SSSR count). The molecule has 1 saturated carbocycles. The van der Waals surface area contributed by atoms with Crippen LogP contribution in [-0.4, -0.2) is 11.9 Å². The summed E-state index contributed by atoms with van der Waals surface area (Å²) in [5, 5.41) is 0.987. The van der Waals surface area contributed by atoms with E-state index in [9.17, 15) is 4.39 Å². The highest BCUT2D eigenvalue weighted by Crippen LogP contribution is 2.47. The van der Waals surface area contributed by atoms with Crippen LogP contribution < -0.4 is 4.74 Å². The van der Waals surface area contributed by atoms with Crippen LogP contribution in [0.2, 0.25) is 0 Å². The van der Waals surface area contributed by atoms with Crippen molar-refractivity contribution in [1.82, 2.24) is 0 Å². The summed E-state index contributed by atoms with van der Waals surface area (Å²) in [5.41, 5.74) is 0.342. The van der Waals surface area contributed by atoms with Crippen molar-refractivity contribution in [3.05, 3.63) is 30.1 Å². The van der Waals surface area contributed by atoms with E-state index in [2.05, 4.69) is 15.9 Å². The molecule has 1 aliphatic rings. The molecular weight excluding hydrogens is 247 g/mol. The molecule has 0 heterocycles. The van der Waals surface area contributed by atoms with Gasteiger partial charge in [-0.3, -0.25) is 0 Å². The Labute approximate surface area is 91.4 Å². The first-order chi connectivity index (χ1) is 6.74. The molecule has 76 valence electrons. The molecule has 0 N–H and O–H groups in total. The molecule has 3 heteroatoms. The van der Waals surface area contributed by atoms with Gasteiger partial charge in [0, 0.05) is 10.7 Å². The molecule has 1 fully saturated rings. The Balaban J connectivity index is 1.89. The zero-order valence-corrected chi connectivity index (χ0v) is 9.39. The van der Waals surface area contributed by atoms with Crippen LogP contribution in [0.25, 0.3) is 0 Å². The molecule has 1 aromatic carbocycles. The number of rotatable bonds is 4. The highest BCUT2D eigenvalue weighted by atomic mass is 79.9. The Hall–Kier alpha value is -0.570. The maximum absolute atomic E-state index is 12.6. The molecule has 0 saturated heterocycles. The lowest BCUT2D eigenvalue weighted by Gasteiger charge is -2.12. The lowest BCUT2D eigenvalue weighted by atomic mass is 10.2. The quantitative estimate of drug-likeness (QED) is 0.753. The number of ether oxygens (including phenoxy) is 1. The van der Waals surface area contributed by atoms with Gasteiger partial charge in [-0.15, -0.1) is 0 Å². The highest BCUT2D eigenvalue weighted by molar-refractivity contribution is 9.09. The molecule has 0 amide bonds. The van der Waals surface area contributed by atoms with Crippen molar-refractivity contribution >= 4 is 15.9 Å². The predicted octanol–water partition coefficient (Wildman–Crippen LogP) is 3.38. The average molecular weight is 259 g/mol. The predicted molar refractivity (Wildman–Crippen MR) is 57.4 cm³/mol.